The molecule has 2 N–H and O–H groups in total. The first kappa shape index (κ1) is 27.8. The Morgan fingerprint density at radius 2 is 1.20 bits per heavy atom. The topological polar surface area (TPSA) is 95.7 Å². The molecule has 0 heterocycles. The van der Waals surface area contributed by atoms with Crippen LogP contribution in [0.1, 0.15) is 63.0 Å². The molecule has 184 valence electrons. The summed E-state index contributed by atoms with van der Waals surface area (Å²) in [5.41, 5.74) is 8.41. The van der Waals surface area contributed by atoms with Gasteiger partial charge in [-0.3, -0.25) is 4.79 Å². The van der Waals surface area contributed by atoms with Crippen LogP contribution in [-0.2, 0) is 0 Å². The van der Waals surface area contributed by atoms with E-state index in [2.05, 4.69) is 0 Å². The summed E-state index contributed by atoms with van der Waals surface area (Å²) in [5, 5.41) is 0. The first-order chi connectivity index (χ1) is 16.0. The van der Waals surface area contributed by atoms with Gasteiger partial charge in [0.05, 0.1) is 17.2 Å². The maximum Gasteiger partial charge on any atom is 0.343 e. The average Bonchev–Trinajstić information content (AvgIpc) is 2.78. The molecule has 35 heavy (non-hydrogen) atoms. The average molecular weight is 496 g/mol. The van der Waals surface area contributed by atoms with Crippen LogP contribution in [0.3, 0.4) is 0 Å². The van der Waals surface area contributed by atoms with Gasteiger partial charge in [-0.2, -0.15) is 0 Å². The summed E-state index contributed by atoms with van der Waals surface area (Å²) >= 11 is 0. The largest absolute Gasteiger partial charge is 0.419 e. The number of esters is 2. The number of Topliss-reactive ketones (excluding diaryl/α,β-unsaturated/α-hetero) is 1. The molecule has 0 radical (unpaired) electrons. The van der Waals surface area contributed by atoms with Crippen molar-refractivity contribution in [1.29, 1.82) is 0 Å². The molecular weight excluding hydrogens is 466 g/mol. The van der Waals surface area contributed by atoms with Gasteiger partial charge in [-0.05, 0) is 61.7 Å². The van der Waals surface area contributed by atoms with Gasteiger partial charge in [0, 0.05) is 5.56 Å². The van der Waals surface area contributed by atoms with Gasteiger partial charge in [0.2, 0.25) is 0 Å². The number of carbonyl (C=O) groups is 3. The SMILES string of the molecule is Cc1cccc(C(=O)Oc2ccc(C(=O)C(N)C(C)(C)C)cc2OC(=O)c2cccc(C)c2)c1.Cl. The molecular formula is C28H30ClNO5. The highest BCUT2D eigenvalue weighted by molar-refractivity contribution is 6.01. The van der Waals surface area contributed by atoms with Crippen LogP contribution in [0.5, 0.6) is 11.5 Å². The van der Waals surface area contributed by atoms with Crippen molar-refractivity contribution in [2.24, 2.45) is 11.1 Å². The molecule has 0 aromatic heterocycles. The van der Waals surface area contributed by atoms with Crippen LogP contribution in [0.2, 0.25) is 0 Å². The number of benzene rings is 3. The van der Waals surface area contributed by atoms with E-state index < -0.39 is 23.4 Å². The first-order valence-electron chi connectivity index (χ1n) is 11.0. The smallest absolute Gasteiger partial charge is 0.343 e. The lowest BCUT2D eigenvalue weighted by Gasteiger charge is -2.25. The van der Waals surface area contributed by atoms with Gasteiger partial charge < -0.3 is 15.2 Å². The van der Waals surface area contributed by atoms with Gasteiger partial charge in [0.1, 0.15) is 0 Å². The van der Waals surface area contributed by atoms with Crippen LogP contribution in [0, 0.1) is 19.3 Å². The molecule has 1 unspecified atom stereocenters. The number of hydrogen-bond donors (Lipinski definition) is 1. The molecule has 1 atom stereocenters. The van der Waals surface area contributed by atoms with E-state index in [0.717, 1.165) is 11.1 Å². The predicted molar refractivity (Wildman–Crippen MR) is 138 cm³/mol. The van der Waals surface area contributed by atoms with E-state index in [9.17, 15) is 14.4 Å². The third-order valence-electron chi connectivity index (χ3n) is 5.36. The van der Waals surface area contributed by atoms with Crippen LogP contribution in [0.15, 0.2) is 66.7 Å². The van der Waals surface area contributed by atoms with Crippen molar-refractivity contribution < 1.29 is 23.9 Å². The Hall–Kier alpha value is -3.48. The Morgan fingerprint density at radius 1 is 0.714 bits per heavy atom. The van der Waals surface area contributed by atoms with Gasteiger partial charge in [-0.25, -0.2) is 9.59 Å². The summed E-state index contributed by atoms with van der Waals surface area (Å²) in [6.07, 6.45) is 0. The Bertz CT molecular complexity index is 1250. The van der Waals surface area contributed by atoms with Crippen LogP contribution in [0.4, 0.5) is 0 Å². The molecule has 0 aliphatic rings. The van der Waals surface area contributed by atoms with Crippen molar-refractivity contribution in [2.45, 2.75) is 40.7 Å². The number of nitrogens with two attached hydrogens (primary N) is 1. The number of aryl methyl sites for hydroxylation is 2. The van der Waals surface area contributed by atoms with Crippen LogP contribution in [-0.4, -0.2) is 23.8 Å². The minimum absolute atomic E-state index is 0. The Kier molecular flexibility index (Phi) is 8.96. The lowest BCUT2D eigenvalue weighted by Crippen LogP contribution is -2.42. The van der Waals surface area contributed by atoms with Crippen LogP contribution < -0.4 is 15.2 Å². The first-order valence-corrected chi connectivity index (χ1v) is 11.0. The minimum Gasteiger partial charge on any atom is -0.419 e. The summed E-state index contributed by atoms with van der Waals surface area (Å²) in [6, 6.07) is 17.4. The van der Waals surface area contributed by atoms with Crippen LogP contribution >= 0.6 is 12.4 Å². The highest BCUT2D eigenvalue weighted by Crippen LogP contribution is 2.32. The summed E-state index contributed by atoms with van der Waals surface area (Å²) < 4.78 is 11.1. The fourth-order valence-electron chi connectivity index (χ4n) is 3.26. The summed E-state index contributed by atoms with van der Waals surface area (Å²) in [5.74, 6) is -1.58. The summed E-state index contributed by atoms with van der Waals surface area (Å²) in [4.78, 5) is 38.5. The Balaban J connectivity index is 0.00000432. The lowest BCUT2D eigenvalue weighted by atomic mass is 9.83. The molecule has 3 aromatic carbocycles. The maximum absolute atomic E-state index is 13.0. The molecule has 0 amide bonds. The maximum atomic E-state index is 13.0. The van der Waals surface area contributed by atoms with Crippen molar-refractivity contribution in [2.75, 3.05) is 0 Å². The molecule has 0 fully saturated rings. The molecule has 7 heteroatoms. The second kappa shape index (κ2) is 11.3. The third kappa shape index (κ3) is 7.01. The second-order valence-corrected chi connectivity index (χ2v) is 9.39. The molecule has 0 spiro atoms. The number of hydrogen-bond acceptors (Lipinski definition) is 6. The van der Waals surface area contributed by atoms with Crippen molar-refractivity contribution in [3.63, 3.8) is 0 Å². The van der Waals surface area contributed by atoms with E-state index in [0.29, 0.717) is 11.1 Å². The monoisotopic (exact) mass is 495 g/mol. The second-order valence-electron chi connectivity index (χ2n) is 9.39. The number of halogens is 1. The standard InChI is InChI=1S/C28H29NO5.ClH/c1-17-8-6-10-20(14-17)26(31)33-22-13-12-19(24(30)25(29)28(3,4)5)16-23(22)34-27(32)21-11-7-9-18(2)15-21;/h6-16,25H,29H2,1-5H3;1H. The fourth-order valence-corrected chi connectivity index (χ4v) is 3.26. The van der Waals surface area contributed by atoms with Gasteiger partial charge in [-0.15, -0.1) is 12.4 Å². The number of rotatable bonds is 6. The zero-order valence-corrected chi connectivity index (χ0v) is 21.3. The van der Waals surface area contributed by atoms with E-state index in [1.807, 2.05) is 46.8 Å². The van der Waals surface area contributed by atoms with E-state index in [1.165, 1.54) is 18.2 Å². The van der Waals surface area contributed by atoms with Crippen molar-refractivity contribution in [3.05, 3.63) is 94.5 Å². The highest BCUT2D eigenvalue weighted by atomic mass is 35.5. The quantitative estimate of drug-likeness (QED) is 0.267. The van der Waals surface area contributed by atoms with Crippen LogP contribution in [0.25, 0.3) is 0 Å². The molecule has 0 bridgehead atoms. The van der Waals surface area contributed by atoms with Crippen molar-refractivity contribution >= 4 is 30.1 Å². The highest BCUT2D eigenvalue weighted by Gasteiger charge is 2.29. The summed E-state index contributed by atoms with van der Waals surface area (Å²) in [7, 11) is 0. The van der Waals surface area contributed by atoms with Crippen molar-refractivity contribution in [3.8, 4) is 11.5 Å². The number of ketones is 1. The molecule has 0 saturated heterocycles. The zero-order chi connectivity index (χ0) is 25.0. The fraction of sp³-hybridized carbons (Fsp3) is 0.250. The van der Waals surface area contributed by atoms with Gasteiger partial charge in [0.25, 0.3) is 0 Å². The predicted octanol–water partition coefficient (Wildman–Crippen LogP) is 5.72. The van der Waals surface area contributed by atoms with E-state index >= 15 is 0 Å². The molecule has 0 aliphatic heterocycles. The molecule has 3 rings (SSSR count). The molecule has 0 aliphatic carbocycles. The molecule has 6 nitrogen and oxygen atoms in total. The Labute approximate surface area is 211 Å². The third-order valence-corrected chi connectivity index (χ3v) is 5.36. The van der Waals surface area contributed by atoms with Crippen molar-refractivity contribution in [1.82, 2.24) is 0 Å². The minimum atomic E-state index is -0.770. The zero-order valence-electron chi connectivity index (χ0n) is 20.5. The Morgan fingerprint density at radius 3 is 1.66 bits per heavy atom. The van der Waals surface area contributed by atoms with E-state index in [1.54, 1.807) is 36.4 Å². The molecule has 3 aromatic rings. The van der Waals surface area contributed by atoms with E-state index in [4.69, 9.17) is 15.2 Å². The number of carbonyl (C=O) groups excluding carboxylic acids is 3. The van der Waals surface area contributed by atoms with Gasteiger partial charge in [-0.1, -0.05) is 56.2 Å². The normalized spacial score (nSPS) is 11.7. The van der Waals surface area contributed by atoms with E-state index in [-0.39, 0.29) is 35.3 Å². The molecule has 0 saturated carbocycles. The van der Waals surface area contributed by atoms with Gasteiger partial charge >= 0.3 is 11.9 Å². The van der Waals surface area contributed by atoms with Gasteiger partial charge in [0.15, 0.2) is 17.3 Å². The summed E-state index contributed by atoms with van der Waals surface area (Å²) in [6.45, 7) is 9.33. The number of ether oxygens (including phenoxy) is 2. The lowest BCUT2D eigenvalue weighted by molar-refractivity contribution is 0.0682.